The van der Waals surface area contributed by atoms with Gasteiger partial charge in [0.25, 0.3) is 0 Å². The van der Waals surface area contributed by atoms with Gasteiger partial charge in [-0.3, -0.25) is 0 Å². The van der Waals surface area contributed by atoms with Crippen LogP contribution in [0.1, 0.15) is 5.56 Å². The Morgan fingerprint density at radius 3 is 2.14 bits per heavy atom. The second kappa shape index (κ2) is 4.16. The quantitative estimate of drug-likeness (QED) is 0.515. The van der Waals surface area contributed by atoms with Gasteiger partial charge in [0.05, 0.1) is 0 Å². The van der Waals surface area contributed by atoms with Crippen LogP contribution in [0.3, 0.4) is 0 Å². The first-order valence-electron chi connectivity index (χ1n) is 3.68. The van der Waals surface area contributed by atoms with Crippen molar-refractivity contribution in [2.75, 3.05) is 5.23 Å². The Morgan fingerprint density at radius 2 is 1.79 bits per heavy atom. The molecule has 0 aliphatic carbocycles. The topological polar surface area (TPSA) is 104 Å². The number of hydrogen-bond acceptors (Lipinski definition) is 4. The van der Waals surface area contributed by atoms with Crippen LogP contribution in [-0.4, -0.2) is 27.6 Å². The summed E-state index contributed by atoms with van der Waals surface area (Å²) in [6, 6.07) is 5.34. The number of benzene rings is 1. The van der Waals surface area contributed by atoms with E-state index in [1.165, 1.54) is 24.3 Å². The van der Waals surface area contributed by atoms with Crippen molar-refractivity contribution in [3.8, 4) is 0 Å². The SMILES string of the molecule is O=[As](O)(O)Cc1ccc(N([O-])O)cc1. The minimum absolute atomic E-state index is 0.0201. The molecule has 6 nitrogen and oxygen atoms in total. The van der Waals surface area contributed by atoms with Gasteiger partial charge >= 0.3 is 82.5 Å². The second-order valence-electron chi connectivity index (χ2n) is 2.76. The molecule has 0 heterocycles. The zero-order chi connectivity index (χ0) is 10.8. The van der Waals surface area contributed by atoms with Crippen molar-refractivity contribution in [2.24, 2.45) is 0 Å². The molecule has 0 aliphatic rings. The molecule has 0 saturated heterocycles. The normalized spacial score (nSPS) is 11.4. The average molecular weight is 262 g/mol. The zero-order valence-electron chi connectivity index (χ0n) is 7.07. The predicted molar refractivity (Wildman–Crippen MR) is 48.7 cm³/mol. The van der Waals surface area contributed by atoms with E-state index >= 15 is 0 Å². The molecular formula is C7H9AsNO5-. The van der Waals surface area contributed by atoms with Crippen LogP contribution in [-0.2, 0) is 8.95 Å². The molecular weight excluding hydrogens is 253 g/mol. The van der Waals surface area contributed by atoms with Crippen LogP contribution < -0.4 is 5.23 Å². The van der Waals surface area contributed by atoms with Crippen molar-refractivity contribution in [2.45, 2.75) is 5.21 Å². The minimum atomic E-state index is -4.66. The molecule has 1 aromatic rings. The number of hydrogen-bond donors (Lipinski definition) is 3. The third kappa shape index (κ3) is 3.53. The van der Waals surface area contributed by atoms with Crippen LogP contribution in [0.15, 0.2) is 24.3 Å². The fraction of sp³-hybridized carbons (Fsp3) is 0.143. The summed E-state index contributed by atoms with van der Waals surface area (Å²) in [5, 5.41) is 18.2. The molecule has 0 saturated carbocycles. The molecule has 0 atom stereocenters. The van der Waals surface area contributed by atoms with Gasteiger partial charge < -0.3 is 0 Å². The standard InChI is InChI=1S/C7H9AsNO5/c10-8(11,12)5-6-1-3-7(4-2-6)9(13)14/h1-4,13H,5H2,(H2,10,11,12)/q-1. The molecule has 0 aromatic heterocycles. The molecule has 0 radical (unpaired) electrons. The van der Waals surface area contributed by atoms with Crippen molar-refractivity contribution in [3.05, 3.63) is 35.0 Å². The van der Waals surface area contributed by atoms with Crippen molar-refractivity contribution in [1.29, 1.82) is 0 Å². The molecule has 0 amide bonds. The summed E-state index contributed by atoms with van der Waals surface area (Å²) in [5.74, 6) is 0. The summed E-state index contributed by atoms with van der Waals surface area (Å²) in [6.45, 7) is 0. The Hall–Kier alpha value is -0.782. The first-order chi connectivity index (χ1) is 6.38. The first kappa shape index (κ1) is 11.3. The van der Waals surface area contributed by atoms with Crippen LogP contribution in [0, 0.1) is 5.21 Å². The van der Waals surface area contributed by atoms with E-state index in [0.29, 0.717) is 5.56 Å². The Morgan fingerprint density at radius 1 is 1.29 bits per heavy atom. The summed E-state index contributed by atoms with van der Waals surface area (Å²) in [5.41, 5.74) is 0.454. The molecule has 0 bridgehead atoms. The fourth-order valence-corrected chi connectivity index (χ4v) is 2.41. The van der Waals surface area contributed by atoms with Gasteiger partial charge in [0, 0.05) is 0 Å². The number of nitrogens with zero attached hydrogens (tertiary/aromatic N) is 1. The fourth-order valence-electron chi connectivity index (χ4n) is 0.967. The molecule has 14 heavy (non-hydrogen) atoms. The van der Waals surface area contributed by atoms with E-state index in [9.17, 15) is 8.95 Å². The van der Waals surface area contributed by atoms with Crippen LogP contribution in [0.25, 0.3) is 0 Å². The Kier molecular flexibility index (Phi) is 3.36. The van der Waals surface area contributed by atoms with E-state index in [2.05, 4.69) is 0 Å². The van der Waals surface area contributed by atoms with Gasteiger partial charge in [-0.1, -0.05) is 0 Å². The Bertz CT molecular complexity index is 344. The molecule has 0 fully saturated rings. The zero-order valence-corrected chi connectivity index (χ0v) is 8.95. The Labute approximate surface area is 82.9 Å². The van der Waals surface area contributed by atoms with E-state index < -0.39 is 14.2 Å². The van der Waals surface area contributed by atoms with Gasteiger partial charge in [0.2, 0.25) is 0 Å². The van der Waals surface area contributed by atoms with Crippen LogP contribution in [0.4, 0.5) is 5.69 Å². The van der Waals surface area contributed by atoms with Crippen molar-refractivity contribution in [1.82, 2.24) is 0 Å². The molecule has 0 spiro atoms. The first-order valence-corrected chi connectivity index (χ1v) is 7.45. The van der Waals surface area contributed by atoms with Crippen molar-refractivity contribution >= 4 is 19.9 Å². The van der Waals surface area contributed by atoms with E-state index in [4.69, 9.17) is 13.4 Å². The average Bonchev–Trinajstić information content (AvgIpc) is 2.02. The molecule has 7 heteroatoms. The Balaban J connectivity index is 2.79. The van der Waals surface area contributed by atoms with Gasteiger partial charge in [-0.25, -0.2) is 0 Å². The van der Waals surface area contributed by atoms with Crippen LogP contribution in [0.2, 0.25) is 0 Å². The maximum atomic E-state index is 10.7. The van der Waals surface area contributed by atoms with E-state index in [-0.39, 0.29) is 16.1 Å². The number of anilines is 1. The van der Waals surface area contributed by atoms with E-state index in [0.717, 1.165) is 0 Å². The molecule has 1 rings (SSSR count). The summed E-state index contributed by atoms with van der Waals surface area (Å²) >= 11 is -4.66. The van der Waals surface area contributed by atoms with Gasteiger partial charge in [-0.15, -0.1) is 0 Å². The van der Waals surface area contributed by atoms with Gasteiger partial charge in [-0.2, -0.15) is 0 Å². The summed E-state index contributed by atoms with van der Waals surface area (Å²) in [4.78, 5) is 0. The van der Waals surface area contributed by atoms with Crippen molar-refractivity contribution in [3.63, 3.8) is 0 Å². The molecule has 78 valence electrons. The molecule has 0 aliphatic heterocycles. The predicted octanol–water partition coefficient (Wildman–Crippen LogP) is -0.184. The molecule has 3 N–H and O–H groups in total. The second-order valence-corrected chi connectivity index (χ2v) is 6.21. The van der Waals surface area contributed by atoms with Gasteiger partial charge in [0.1, 0.15) is 0 Å². The van der Waals surface area contributed by atoms with Gasteiger partial charge in [-0.05, 0) is 0 Å². The van der Waals surface area contributed by atoms with Crippen LogP contribution in [0.5, 0.6) is 0 Å². The van der Waals surface area contributed by atoms with Gasteiger partial charge in [0.15, 0.2) is 0 Å². The monoisotopic (exact) mass is 262 g/mol. The van der Waals surface area contributed by atoms with E-state index in [1.807, 2.05) is 0 Å². The third-order valence-corrected chi connectivity index (χ3v) is 3.18. The molecule has 0 unspecified atom stereocenters. The summed E-state index contributed by atoms with van der Waals surface area (Å²) < 4.78 is 28.1. The number of rotatable bonds is 3. The summed E-state index contributed by atoms with van der Waals surface area (Å²) in [7, 11) is 0. The third-order valence-electron chi connectivity index (χ3n) is 1.55. The van der Waals surface area contributed by atoms with Crippen molar-refractivity contribution < 1.29 is 17.1 Å². The van der Waals surface area contributed by atoms with Crippen LogP contribution >= 0.6 is 0 Å². The molecule has 1 aromatic carbocycles. The van der Waals surface area contributed by atoms with E-state index in [1.54, 1.807) is 0 Å². The maximum absolute atomic E-state index is 10.7. The summed E-state index contributed by atoms with van der Waals surface area (Å²) in [6.07, 6.45) is 0.